The van der Waals surface area contributed by atoms with Crippen molar-refractivity contribution in [2.24, 2.45) is 23.7 Å². The van der Waals surface area contributed by atoms with Crippen molar-refractivity contribution in [1.29, 1.82) is 0 Å². The summed E-state index contributed by atoms with van der Waals surface area (Å²) >= 11 is 0. The van der Waals surface area contributed by atoms with Crippen molar-refractivity contribution in [3.63, 3.8) is 0 Å². The lowest BCUT2D eigenvalue weighted by Gasteiger charge is -2.34. The molecule has 0 amide bonds. The molecule has 0 bridgehead atoms. The normalized spacial score (nSPS) is 34.9. The molecule has 4 atom stereocenters. The predicted molar refractivity (Wildman–Crippen MR) is 55.9 cm³/mol. The minimum absolute atomic E-state index is 0.225. The molecule has 1 rings (SSSR count). The van der Waals surface area contributed by atoms with Gasteiger partial charge in [0.15, 0.2) is 0 Å². The van der Waals surface area contributed by atoms with Crippen LogP contribution in [0.1, 0.15) is 39.5 Å². The molecule has 0 aliphatic heterocycles. The summed E-state index contributed by atoms with van der Waals surface area (Å²) < 4.78 is 0. The van der Waals surface area contributed by atoms with E-state index in [0.717, 1.165) is 25.4 Å². The molecule has 0 spiro atoms. The molecule has 0 aromatic heterocycles. The molecule has 0 aromatic rings. The van der Waals surface area contributed by atoms with Crippen LogP contribution in [0.2, 0.25) is 0 Å². The third-order valence-electron chi connectivity index (χ3n) is 3.75. The Labute approximate surface area is 86.1 Å². The maximum atomic E-state index is 10.8. The molecule has 0 N–H and O–H groups in total. The van der Waals surface area contributed by atoms with E-state index >= 15 is 0 Å². The van der Waals surface area contributed by atoms with E-state index in [4.69, 9.17) is 0 Å². The first-order valence-corrected chi connectivity index (χ1v) is 5.58. The third kappa shape index (κ3) is 2.66. The van der Waals surface area contributed by atoms with Gasteiger partial charge in [-0.3, -0.25) is 0 Å². The summed E-state index contributed by atoms with van der Waals surface area (Å²) in [6.45, 7) is 4.27. The zero-order valence-electron chi connectivity index (χ0n) is 9.11. The molecule has 2 heteroatoms. The molecule has 1 aliphatic carbocycles. The number of aldehydes is 2. The van der Waals surface area contributed by atoms with E-state index in [1.807, 2.05) is 0 Å². The first kappa shape index (κ1) is 11.4. The van der Waals surface area contributed by atoms with Crippen LogP contribution in [-0.2, 0) is 9.59 Å². The first-order chi connectivity index (χ1) is 6.69. The molecular weight excluding hydrogens is 176 g/mol. The molecule has 2 nitrogen and oxygen atoms in total. The van der Waals surface area contributed by atoms with Crippen LogP contribution in [-0.4, -0.2) is 12.6 Å². The van der Waals surface area contributed by atoms with Gasteiger partial charge in [0.1, 0.15) is 12.6 Å². The second-order valence-electron chi connectivity index (χ2n) is 4.73. The first-order valence-electron chi connectivity index (χ1n) is 5.58. The average Bonchev–Trinajstić information content (AvgIpc) is 2.19. The molecule has 1 saturated carbocycles. The number of rotatable bonds is 4. The molecule has 0 unspecified atom stereocenters. The van der Waals surface area contributed by atoms with Crippen molar-refractivity contribution in [1.82, 2.24) is 0 Å². The van der Waals surface area contributed by atoms with Gasteiger partial charge in [0.2, 0.25) is 0 Å². The number of carbonyl (C=O) groups is 2. The third-order valence-corrected chi connectivity index (χ3v) is 3.75. The Morgan fingerprint density at radius 2 is 2.07 bits per heavy atom. The second-order valence-corrected chi connectivity index (χ2v) is 4.73. The van der Waals surface area contributed by atoms with Gasteiger partial charge < -0.3 is 9.59 Å². The van der Waals surface area contributed by atoms with Gasteiger partial charge in [-0.05, 0) is 37.0 Å². The highest BCUT2D eigenvalue weighted by Gasteiger charge is 2.29. The van der Waals surface area contributed by atoms with E-state index in [1.165, 1.54) is 6.42 Å². The van der Waals surface area contributed by atoms with Crippen LogP contribution in [0.3, 0.4) is 0 Å². The largest absolute Gasteiger partial charge is 0.303 e. The highest BCUT2D eigenvalue weighted by molar-refractivity contribution is 5.54. The van der Waals surface area contributed by atoms with Crippen LogP contribution in [0.15, 0.2) is 0 Å². The summed E-state index contributed by atoms with van der Waals surface area (Å²) in [5, 5.41) is 0. The standard InChI is InChI=1S/C12H20O2/c1-9-3-4-11(7-12(9)8-14)10(2)5-6-13/h6,8-12H,3-5,7H2,1-2H3/t9-,10+,11+,12-/m1/s1. The number of hydrogen-bond donors (Lipinski definition) is 0. The average molecular weight is 196 g/mol. The van der Waals surface area contributed by atoms with Gasteiger partial charge in [0, 0.05) is 12.3 Å². The van der Waals surface area contributed by atoms with E-state index in [9.17, 15) is 9.59 Å². The van der Waals surface area contributed by atoms with Crippen LogP contribution < -0.4 is 0 Å². The number of hydrogen-bond acceptors (Lipinski definition) is 2. The number of carbonyl (C=O) groups excluding carboxylic acids is 2. The van der Waals surface area contributed by atoms with E-state index in [2.05, 4.69) is 13.8 Å². The van der Waals surface area contributed by atoms with Gasteiger partial charge in [0.25, 0.3) is 0 Å². The van der Waals surface area contributed by atoms with Crippen molar-refractivity contribution in [3.05, 3.63) is 0 Å². The van der Waals surface area contributed by atoms with Crippen LogP contribution >= 0.6 is 0 Å². The Kier molecular flexibility index (Phi) is 4.30. The van der Waals surface area contributed by atoms with Crippen LogP contribution in [0.5, 0.6) is 0 Å². The molecule has 0 aromatic carbocycles. The van der Waals surface area contributed by atoms with Crippen LogP contribution in [0.25, 0.3) is 0 Å². The van der Waals surface area contributed by atoms with Crippen LogP contribution in [0.4, 0.5) is 0 Å². The topological polar surface area (TPSA) is 34.1 Å². The van der Waals surface area contributed by atoms with Gasteiger partial charge in [-0.1, -0.05) is 13.8 Å². The Morgan fingerprint density at radius 1 is 1.36 bits per heavy atom. The maximum Gasteiger partial charge on any atom is 0.123 e. The molecule has 0 heterocycles. The Bertz CT molecular complexity index is 200. The second kappa shape index (κ2) is 5.28. The fourth-order valence-corrected chi connectivity index (χ4v) is 2.44. The predicted octanol–water partition coefficient (Wildman–Crippen LogP) is 2.46. The fraction of sp³-hybridized carbons (Fsp3) is 0.833. The molecule has 0 radical (unpaired) electrons. The Morgan fingerprint density at radius 3 is 2.64 bits per heavy atom. The highest BCUT2D eigenvalue weighted by Crippen LogP contribution is 2.37. The Balaban J connectivity index is 2.49. The molecular formula is C12H20O2. The summed E-state index contributed by atoms with van der Waals surface area (Å²) in [7, 11) is 0. The monoisotopic (exact) mass is 196 g/mol. The SMILES string of the molecule is C[C@@H]1CC[C@H]([C@@H](C)CC=O)C[C@@H]1C=O. The zero-order chi connectivity index (χ0) is 10.6. The van der Waals surface area contributed by atoms with Gasteiger partial charge in [-0.15, -0.1) is 0 Å². The quantitative estimate of drug-likeness (QED) is 0.647. The van der Waals surface area contributed by atoms with Crippen LogP contribution in [0, 0.1) is 23.7 Å². The molecule has 0 saturated heterocycles. The van der Waals surface area contributed by atoms with Crippen molar-refractivity contribution in [2.45, 2.75) is 39.5 Å². The summed E-state index contributed by atoms with van der Waals surface area (Å²) in [4.78, 5) is 21.2. The summed E-state index contributed by atoms with van der Waals surface area (Å²) in [5.74, 6) is 1.78. The van der Waals surface area contributed by atoms with E-state index < -0.39 is 0 Å². The summed E-state index contributed by atoms with van der Waals surface area (Å²) in [5.41, 5.74) is 0. The molecule has 80 valence electrons. The van der Waals surface area contributed by atoms with Crippen molar-refractivity contribution < 1.29 is 9.59 Å². The van der Waals surface area contributed by atoms with Gasteiger partial charge in [-0.2, -0.15) is 0 Å². The van der Waals surface area contributed by atoms with Crippen molar-refractivity contribution in [3.8, 4) is 0 Å². The van der Waals surface area contributed by atoms with E-state index in [-0.39, 0.29) is 5.92 Å². The van der Waals surface area contributed by atoms with Crippen molar-refractivity contribution in [2.75, 3.05) is 0 Å². The molecule has 1 fully saturated rings. The molecule has 14 heavy (non-hydrogen) atoms. The van der Waals surface area contributed by atoms with Gasteiger partial charge in [0.05, 0.1) is 0 Å². The Hall–Kier alpha value is -0.660. The summed E-state index contributed by atoms with van der Waals surface area (Å²) in [6.07, 6.45) is 6.05. The maximum absolute atomic E-state index is 10.8. The van der Waals surface area contributed by atoms with E-state index in [1.54, 1.807) is 0 Å². The lowest BCUT2D eigenvalue weighted by atomic mass is 9.71. The summed E-state index contributed by atoms with van der Waals surface area (Å²) in [6, 6.07) is 0. The smallest absolute Gasteiger partial charge is 0.123 e. The minimum Gasteiger partial charge on any atom is -0.303 e. The minimum atomic E-state index is 0.225. The lowest BCUT2D eigenvalue weighted by molar-refractivity contribution is -0.114. The van der Waals surface area contributed by atoms with E-state index in [0.29, 0.717) is 24.2 Å². The zero-order valence-corrected chi connectivity index (χ0v) is 9.11. The molecule has 1 aliphatic rings. The van der Waals surface area contributed by atoms with Crippen molar-refractivity contribution >= 4 is 12.6 Å². The highest BCUT2D eigenvalue weighted by atomic mass is 16.1. The van der Waals surface area contributed by atoms with Gasteiger partial charge >= 0.3 is 0 Å². The lowest BCUT2D eigenvalue weighted by Crippen LogP contribution is -2.27. The van der Waals surface area contributed by atoms with Gasteiger partial charge in [-0.25, -0.2) is 0 Å². The fourth-order valence-electron chi connectivity index (χ4n) is 2.44.